The van der Waals surface area contributed by atoms with Crippen LogP contribution in [-0.2, 0) is 9.53 Å². The number of ether oxygens (including phenoxy) is 2. The summed E-state index contributed by atoms with van der Waals surface area (Å²) in [6, 6.07) is 8.63. The van der Waals surface area contributed by atoms with Gasteiger partial charge in [-0.2, -0.15) is 0 Å². The van der Waals surface area contributed by atoms with Crippen LogP contribution in [0.5, 0.6) is 11.5 Å². The highest BCUT2D eigenvalue weighted by molar-refractivity contribution is 8.21. The van der Waals surface area contributed by atoms with Crippen LogP contribution >= 0.6 is 21.7 Å². The predicted molar refractivity (Wildman–Crippen MR) is 94.9 cm³/mol. The molecule has 0 aliphatic heterocycles. The van der Waals surface area contributed by atoms with E-state index >= 15 is 0 Å². The lowest BCUT2D eigenvalue weighted by molar-refractivity contribution is -0.138. The first-order valence-corrected chi connectivity index (χ1v) is 8.99. The second kappa shape index (κ2) is 8.87. The van der Waals surface area contributed by atoms with Gasteiger partial charge in [0.15, 0.2) is 17.4 Å². The Bertz CT molecular complexity index is 768. The molecule has 0 saturated heterocycles. The summed E-state index contributed by atoms with van der Waals surface area (Å²) < 4.78 is 38.5. The molecule has 0 amide bonds. The number of benzene rings is 2. The van der Waals surface area contributed by atoms with E-state index in [0.717, 1.165) is 28.0 Å². The molecule has 0 bridgehead atoms. The molecule has 0 aromatic heterocycles. The fourth-order valence-corrected chi connectivity index (χ4v) is 2.54. The van der Waals surface area contributed by atoms with Crippen LogP contribution in [-0.4, -0.2) is 12.6 Å². The Morgan fingerprint density at radius 2 is 1.80 bits per heavy atom. The molecule has 0 atom stereocenters. The normalized spacial score (nSPS) is 11.3. The molecular formula is C18H15ClF2O3S. The van der Waals surface area contributed by atoms with Gasteiger partial charge in [0.25, 0.3) is 0 Å². The molecule has 0 heterocycles. The molecule has 2 aromatic carbocycles. The van der Waals surface area contributed by atoms with Gasteiger partial charge in [-0.05, 0) is 83.5 Å². The van der Waals surface area contributed by atoms with E-state index in [1.54, 1.807) is 31.2 Å². The number of hydrogen-bond acceptors (Lipinski definition) is 4. The summed E-state index contributed by atoms with van der Waals surface area (Å²) in [6.07, 6.45) is 1.35. The SMILES string of the molecule is CCOC(=O)/C(C)=C/c1cc(F)c(Oc2ccc(SCl)cc2)c(F)c1. The summed E-state index contributed by atoms with van der Waals surface area (Å²) in [7, 11) is 6.64. The summed E-state index contributed by atoms with van der Waals surface area (Å²) in [5.74, 6) is -2.53. The van der Waals surface area contributed by atoms with E-state index in [1.807, 2.05) is 0 Å². The van der Waals surface area contributed by atoms with Crippen molar-refractivity contribution in [2.24, 2.45) is 0 Å². The maximum Gasteiger partial charge on any atom is 0.333 e. The minimum atomic E-state index is -0.876. The van der Waals surface area contributed by atoms with Gasteiger partial charge in [-0.15, -0.1) is 0 Å². The van der Waals surface area contributed by atoms with Crippen molar-refractivity contribution < 1.29 is 23.0 Å². The molecule has 0 N–H and O–H groups in total. The number of halogens is 3. The van der Waals surface area contributed by atoms with Gasteiger partial charge >= 0.3 is 5.97 Å². The Morgan fingerprint density at radius 1 is 1.20 bits per heavy atom. The number of hydrogen-bond donors (Lipinski definition) is 0. The van der Waals surface area contributed by atoms with E-state index in [9.17, 15) is 13.6 Å². The molecule has 2 rings (SSSR count). The number of carbonyl (C=O) groups is 1. The topological polar surface area (TPSA) is 35.5 Å². The third kappa shape index (κ3) is 5.21. The van der Waals surface area contributed by atoms with Crippen molar-refractivity contribution in [3.8, 4) is 11.5 Å². The highest BCUT2D eigenvalue weighted by Crippen LogP contribution is 2.31. The first kappa shape index (κ1) is 19.3. The van der Waals surface area contributed by atoms with Gasteiger partial charge in [0, 0.05) is 10.5 Å². The van der Waals surface area contributed by atoms with Gasteiger partial charge < -0.3 is 9.47 Å². The molecular weight excluding hydrogens is 370 g/mol. The van der Waals surface area contributed by atoms with Gasteiger partial charge in [0.2, 0.25) is 0 Å². The lowest BCUT2D eigenvalue weighted by Gasteiger charge is -2.09. The summed E-state index contributed by atoms with van der Waals surface area (Å²) in [4.78, 5) is 12.3. The van der Waals surface area contributed by atoms with Crippen LogP contribution in [0.1, 0.15) is 19.4 Å². The number of carbonyl (C=O) groups excluding carboxylic acids is 1. The Morgan fingerprint density at radius 3 is 2.32 bits per heavy atom. The standard InChI is InChI=1S/C18H15ClF2O3S/c1-3-23-18(22)11(2)8-12-9-15(20)17(16(21)10-12)24-13-4-6-14(25-19)7-5-13/h4-10H,3H2,1-2H3/b11-8+. The molecule has 0 fully saturated rings. The third-order valence-electron chi connectivity index (χ3n) is 3.13. The van der Waals surface area contributed by atoms with Crippen molar-refractivity contribution in [3.05, 3.63) is 59.2 Å². The fourth-order valence-electron chi connectivity index (χ4n) is 1.99. The van der Waals surface area contributed by atoms with Crippen LogP contribution < -0.4 is 4.74 Å². The van der Waals surface area contributed by atoms with Gasteiger partial charge in [-0.3, -0.25) is 0 Å². The fraction of sp³-hybridized carbons (Fsp3) is 0.167. The number of rotatable bonds is 6. The van der Waals surface area contributed by atoms with Crippen molar-refractivity contribution in [2.75, 3.05) is 6.61 Å². The highest BCUT2D eigenvalue weighted by Gasteiger charge is 2.14. The lowest BCUT2D eigenvalue weighted by Crippen LogP contribution is -2.05. The van der Waals surface area contributed by atoms with E-state index in [-0.39, 0.29) is 23.5 Å². The maximum atomic E-state index is 14.2. The van der Waals surface area contributed by atoms with E-state index < -0.39 is 23.4 Å². The van der Waals surface area contributed by atoms with Gasteiger partial charge in [0.05, 0.1) is 6.61 Å². The van der Waals surface area contributed by atoms with Gasteiger partial charge in [-0.1, -0.05) is 0 Å². The minimum absolute atomic E-state index is 0.196. The molecule has 0 radical (unpaired) electrons. The molecule has 0 spiro atoms. The predicted octanol–water partition coefficient (Wildman–Crippen LogP) is 5.97. The molecule has 7 heteroatoms. The Hall–Kier alpha value is -2.05. The zero-order valence-electron chi connectivity index (χ0n) is 13.5. The molecule has 2 aromatic rings. The second-order valence-corrected chi connectivity index (χ2v) is 6.10. The van der Waals surface area contributed by atoms with Crippen molar-refractivity contribution in [1.82, 2.24) is 0 Å². The molecule has 3 nitrogen and oxygen atoms in total. The summed E-state index contributed by atoms with van der Waals surface area (Å²) >= 11 is 0. The molecule has 0 saturated carbocycles. The zero-order chi connectivity index (χ0) is 18.4. The van der Waals surface area contributed by atoms with Crippen LogP contribution in [0, 0.1) is 11.6 Å². The first-order chi connectivity index (χ1) is 11.9. The van der Waals surface area contributed by atoms with E-state index in [0.29, 0.717) is 0 Å². The monoisotopic (exact) mass is 384 g/mol. The van der Waals surface area contributed by atoms with Crippen molar-refractivity contribution in [2.45, 2.75) is 18.7 Å². The van der Waals surface area contributed by atoms with Crippen LogP contribution in [0.15, 0.2) is 46.9 Å². The quantitative estimate of drug-likeness (QED) is 0.454. The second-order valence-electron chi connectivity index (χ2n) is 5.01. The molecule has 0 aliphatic carbocycles. The van der Waals surface area contributed by atoms with Gasteiger partial charge in [-0.25, -0.2) is 13.6 Å². The average molecular weight is 385 g/mol. The maximum absolute atomic E-state index is 14.2. The van der Waals surface area contributed by atoms with E-state index in [1.165, 1.54) is 13.0 Å². The van der Waals surface area contributed by atoms with E-state index in [4.69, 9.17) is 20.2 Å². The lowest BCUT2D eigenvalue weighted by atomic mass is 10.1. The van der Waals surface area contributed by atoms with Crippen molar-refractivity contribution >= 4 is 33.7 Å². The molecule has 132 valence electrons. The highest BCUT2D eigenvalue weighted by atomic mass is 35.7. The first-order valence-electron chi connectivity index (χ1n) is 7.35. The Balaban J connectivity index is 2.24. The van der Waals surface area contributed by atoms with Crippen molar-refractivity contribution in [1.29, 1.82) is 0 Å². The van der Waals surface area contributed by atoms with Crippen LogP contribution in [0.3, 0.4) is 0 Å². The van der Waals surface area contributed by atoms with E-state index in [2.05, 4.69) is 0 Å². The van der Waals surface area contributed by atoms with Crippen molar-refractivity contribution in [3.63, 3.8) is 0 Å². The summed E-state index contributed by atoms with van der Waals surface area (Å²) in [5.41, 5.74) is 0.435. The van der Waals surface area contributed by atoms with Crippen LogP contribution in [0.25, 0.3) is 6.08 Å². The van der Waals surface area contributed by atoms with Crippen LogP contribution in [0.4, 0.5) is 8.78 Å². The Kier molecular flexibility index (Phi) is 6.84. The van der Waals surface area contributed by atoms with Gasteiger partial charge in [0.1, 0.15) is 5.75 Å². The average Bonchev–Trinajstić information content (AvgIpc) is 2.59. The largest absolute Gasteiger partial charge is 0.463 e. The zero-order valence-corrected chi connectivity index (χ0v) is 15.1. The molecule has 25 heavy (non-hydrogen) atoms. The van der Waals surface area contributed by atoms with Crippen LogP contribution in [0.2, 0.25) is 0 Å². The Labute approximate surface area is 153 Å². The molecule has 0 aliphatic rings. The smallest absolute Gasteiger partial charge is 0.333 e. The summed E-state index contributed by atoms with van der Waals surface area (Å²) in [6.45, 7) is 3.41. The minimum Gasteiger partial charge on any atom is -0.463 e. The number of esters is 1. The third-order valence-corrected chi connectivity index (χ3v) is 4.12. The molecule has 0 unspecified atom stereocenters. The summed E-state index contributed by atoms with van der Waals surface area (Å²) in [5, 5.41) is 0.